The van der Waals surface area contributed by atoms with Crippen molar-refractivity contribution >= 4 is 17.7 Å². The van der Waals surface area contributed by atoms with Crippen molar-refractivity contribution in [3.05, 3.63) is 29.8 Å². The standard InChI is InChI=1S/C13H19N3O3/c14-7-2-8-15-13(19)16-11-4-1-3-10(9-11)5-6-12(17)18/h1,3-4,9H,2,5-8,14H2,(H,17,18)(H2,15,16,19). The quantitative estimate of drug-likeness (QED) is 0.555. The molecule has 0 spiro atoms. The summed E-state index contributed by atoms with van der Waals surface area (Å²) in [5.41, 5.74) is 6.85. The van der Waals surface area contributed by atoms with Gasteiger partial charge in [0.15, 0.2) is 0 Å². The molecule has 0 unspecified atom stereocenters. The number of nitrogens with two attached hydrogens (primary N) is 1. The van der Waals surface area contributed by atoms with E-state index in [1.54, 1.807) is 18.2 Å². The molecule has 0 radical (unpaired) electrons. The smallest absolute Gasteiger partial charge is 0.319 e. The van der Waals surface area contributed by atoms with Gasteiger partial charge in [-0.05, 0) is 37.1 Å². The molecule has 19 heavy (non-hydrogen) atoms. The summed E-state index contributed by atoms with van der Waals surface area (Å²) < 4.78 is 0. The molecule has 2 amide bonds. The third-order valence-electron chi connectivity index (χ3n) is 2.48. The molecule has 104 valence electrons. The van der Waals surface area contributed by atoms with Gasteiger partial charge in [-0.25, -0.2) is 4.79 Å². The Labute approximate surface area is 112 Å². The molecule has 0 atom stereocenters. The highest BCUT2D eigenvalue weighted by molar-refractivity contribution is 5.89. The Kier molecular flexibility index (Phi) is 6.38. The van der Waals surface area contributed by atoms with E-state index in [-0.39, 0.29) is 12.5 Å². The predicted molar refractivity (Wildman–Crippen MR) is 73.1 cm³/mol. The highest BCUT2D eigenvalue weighted by Gasteiger charge is 2.03. The minimum atomic E-state index is -0.835. The maximum absolute atomic E-state index is 11.5. The fraction of sp³-hybridized carbons (Fsp3) is 0.385. The number of amides is 2. The van der Waals surface area contributed by atoms with E-state index < -0.39 is 5.97 Å². The molecule has 0 saturated heterocycles. The van der Waals surface area contributed by atoms with E-state index in [1.807, 2.05) is 6.07 Å². The van der Waals surface area contributed by atoms with E-state index >= 15 is 0 Å². The lowest BCUT2D eigenvalue weighted by Crippen LogP contribution is -2.30. The number of anilines is 1. The molecular formula is C13H19N3O3. The minimum Gasteiger partial charge on any atom is -0.481 e. The Hall–Kier alpha value is -2.08. The maximum atomic E-state index is 11.5. The molecule has 0 heterocycles. The third kappa shape index (κ3) is 6.42. The van der Waals surface area contributed by atoms with Gasteiger partial charge in [0, 0.05) is 18.7 Å². The van der Waals surface area contributed by atoms with Gasteiger partial charge in [-0.15, -0.1) is 0 Å². The number of nitrogens with one attached hydrogen (secondary N) is 2. The summed E-state index contributed by atoms with van der Waals surface area (Å²) in [6.07, 6.45) is 1.25. The second-order valence-electron chi connectivity index (χ2n) is 4.12. The summed E-state index contributed by atoms with van der Waals surface area (Å²) >= 11 is 0. The van der Waals surface area contributed by atoms with Crippen LogP contribution >= 0.6 is 0 Å². The van der Waals surface area contributed by atoms with Crippen LogP contribution in [0.4, 0.5) is 10.5 Å². The summed E-state index contributed by atoms with van der Waals surface area (Å²) in [7, 11) is 0. The Morgan fingerprint density at radius 1 is 1.32 bits per heavy atom. The minimum absolute atomic E-state index is 0.0755. The van der Waals surface area contributed by atoms with Crippen LogP contribution in [0.3, 0.4) is 0 Å². The molecule has 0 fully saturated rings. The van der Waals surface area contributed by atoms with E-state index in [0.717, 1.165) is 12.0 Å². The van der Waals surface area contributed by atoms with E-state index in [4.69, 9.17) is 10.8 Å². The maximum Gasteiger partial charge on any atom is 0.319 e. The molecule has 6 heteroatoms. The zero-order valence-electron chi connectivity index (χ0n) is 10.7. The molecule has 0 aliphatic heterocycles. The van der Waals surface area contributed by atoms with Gasteiger partial charge >= 0.3 is 12.0 Å². The van der Waals surface area contributed by atoms with Gasteiger partial charge < -0.3 is 21.5 Å². The second kappa shape index (κ2) is 8.10. The van der Waals surface area contributed by atoms with Crippen LogP contribution in [0.2, 0.25) is 0 Å². The van der Waals surface area contributed by atoms with Crippen molar-refractivity contribution in [2.45, 2.75) is 19.3 Å². The van der Waals surface area contributed by atoms with E-state index in [0.29, 0.717) is 25.2 Å². The molecule has 0 aliphatic carbocycles. The summed E-state index contributed by atoms with van der Waals surface area (Å²) in [4.78, 5) is 22.0. The Balaban J connectivity index is 2.47. The van der Waals surface area contributed by atoms with Gasteiger partial charge in [-0.2, -0.15) is 0 Å². The summed E-state index contributed by atoms with van der Waals surface area (Å²) in [5.74, 6) is -0.835. The molecule has 1 aromatic carbocycles. The average Bonchev–Trinajstić information content (AvgIpc) is 2.37. The first-order chi connectivity index (χ1) is 9.11. The highest BCUT2D eigenvalue weighted by Crippen LogP contribution is 2.12. The lowest BCUT2D eigenvalue weighted by molar-refractivity contribution is -0.136. The number of hydrogen-bond acceptors (Lipinski definition) is 3. The van der Waals surface area contributed by atoms with Gasteiger partial charge in [0.1, 0.15) is 0 Å². The largest absolute Gasteiger partial charge is 0.481 e. The lowest BCUT2D eigenvalue weighted by Gasteiger charge is -2.08. The summed E-state index contributed by atoms with van der Waals surface area (Å²) in [6, 6.07) is 6.86. The molecule has 1 rings (SSSR count). The highest BCUT2D eigenvalue weighted by atomic mass is 16.4. The number of carbonyl (C=O) groups excluding carboxylic acids is 1. The normalized spacial score (nSPS) is 9.95. The molecule has 0 saturated carbocycles. The lowest BCUT2D eigenvalue weighted by atomic mass is 10.1. The van der Waals surface area contributed by atoms with Crippen LogP contribution in [0.25, 0.3) is 0 Å². The van der Waals surface area contributed by atoms with E-state index in [1.165, 1.54) is 0 Å². The van der Waals surface area contributed by atoms with E-state index in [2.05, 4.69) is 10.6 Å². The molecule has 0 aromatic heterocycles. The fourth-order valence-electron chi connectivity index (χ4n) is 1.54. The van der Waals surface area contributed by atoms with Crippen LogP contribution in [-0.2, 0) is 11.2 Å². The number of benzene rings is 1. The van der Waals surface area contributed by atoms with Crippen molar-refractivity contribution < 1.29 is 14.7 Å². The fourth-order valence-corrected chi connectivity index (χ4v) is 1.54. The number of carbonyl (C=O) groups is 2. The molecular weight excluding hydrogens is 246 g/mol. The van der Waals surface area contributed by atoms with Crippen molar-refractivity contribution in [2.75, 3.05) is 18.4 Å². The molecule has 6 nitrogen and oxygen atoms in total. The van der Waals surface area contributed by atoms with Crippen molar-refractivity contribution in [1.29, 1.82) is 0 Å². The first-order valence-corrected chi connectivity index (χ1v) is 6.17. The van der Waals surface area contributed by atoms with Crippen molar-refractivity contribution in [1.82, 2.24) is 5.32 Å². The first-order valence-electron chi connectivity index (χ1n) is 6.17. The number of aryl methyl sites for hydroxylation is 1. The number of carboxylic acid groups (broad SMARTS) is 1. The Morgan fingerprint density at radius 3 is 2.79 bits per heavy atom. The van der Waals surface area contributed by atoms with Crippen LogP contribution in [0.5, 0.6) is 0 Å². The molecule has 5 N–H and O–H groups in total. The van der Waals surface area contributed by atoms with Crippen LogP contribution in [-0.4, -0.2) is 30.2 Å². The number of urea groups is 1. The third-order valence-corrected chi connectivity index (χ3v) is 2.48. The number of aliphatic carboxylic acids is 1. The molecule has 0 aliphatic rings. The summed E-state index contributed by atoms with van der Waals surface area (Å²) in [5, 5.41) is 14.0. The summed E-state index contributed by atoms with van der Waals surface area (Å²) in [6.45, 7) is 1.06. The zero-order chi connectivity index (χ0) is 14.1. The Bertz CT molecular complexity index is 435. The zero-order valence-corrected chi connectivity index (χ0v) is 10.7. The predicted octanol–water partition coefficient (Wildman–Crippen LogP) is 1.17. The number of carboxylic acids is 1. The van der Waals surface area contributed by atoms with Gasteiger partial charge in [0.25, 0.3) is 0 Å². The van der Waals surface area contributed by atoms with Gasteiger partial charge in [0.2, 0.25) is 0 Å². The molecule has 0 bridgehead atoms. The van der Waals surface area contributed by atoms with Gasteiger partial charge in [0.05, 0.1) is 0 Å². The second-order valence-corrected chi connectivity index (χ2v) is 4.12. The monoisotopic (exact) mass is 265 g/mol. The number of rotatable bonds is 7. The topological polar surface area (TPSA) is 104 Å². The van der Waals surface area contributed by atoms with Gasteiger partial charge in [-0.3, -0.25) is 4.79 Å². The SMILES string of the molecule is NCCCNC(=O)Nc1cccc(CCC(=O)O)c1. The van der Waals surface area contributed by atoms with Crippen LogP contribution < -0.4 is 16.4 Å². The number of hydrogen-bond donors (Lipinski definition) is 4. The van der Waals surface area contributed by atoms with Crippen molar-refractivity contribution in [2.24, 2.45) is 5.73 Å². The Morgan fingerprint density at radius 2 is 2.11 bits per heavy atom. The van der Waals surface area contributed by atoms with E-state index in [9.17, 15) is 9.59 Å². The first kappa shape index (κ1) is 15.0. The van der Waals surface area contributed by atoms with Gasteiger partial charge in [-0.1, -0.05) is 12.1 Å². The van der Waals surface area contributed by atoms with Crippen molar-refractivity contribution in [3.63, 3.8) is 0 Å². The average molecular weight is 265 g/mol. The molecule has 1 aromatic rings. The van der Waals surface area contributed by atoms with Crippen LogP contribution in [0.15, 0.2) is 24.3 Å². The van der Waals surface area contributed by atoms with Crippen LogP contribution in [0, 0.1) is 0 Å². The van der Waals surface area contributed by atoms with Crippen molar-refractivity contribution in [3.8, 4) is 0 Å². The van der Waals surface area contributed by atoms with Crippen LogP contribution in [0.1, 0.15) is 18.4 Å².